The molecule has 0 saturated heterocycles. The van der Waals surface area contributed by atoms with Crippen molar-refractivity contribution in [3.05, 3.63) is 33.8 Å². The Hall–Kier alpha value is -1.14. The highest BCUT2D eigenvalue weighted by molar-refractivity contribution is 9.10. The van der Waals surface area contributed by atoms with Crippen LogP contribution in [0.5, 0.6) is 0 Å². The van der Waals surface area contributed by atoms with Gasteiger partial charge in [0.25, 0.3) is 0 Å². The van der Waals surface area contributed by atoms with E-state index < -0.39 is 0 Å². The van der Waals surface area contributed by atoms with E-state index in [0.717, 1.165) is 29.8 Å². The lowest BCUT2D eigenvalue weighted by Crippen LogP contribution is -2.16. The number of nitrogens with zero attached hydrogens (tertiary/aromatic N) is 4. The number of halogens is 1. The van der Waals surface area contributed by atoms with Crippen LogP contribution in [0.25, 0.3) is 0 Å². The second kappa shape index (κ2) is 5.67. The fourth-order valence-corrected chi connectivity index (χ4v) is 2.35. The van der Waals surface area contributed by atoms with E-state index in [-0.39, 0.29) is 0 Å². The van der Waals surface area contributed by atoms with Gasteiger partial charge >= 0.3 is 0 Å². The minimum atomic E-state index is 0.796. The molecule has 0 saturated carbocycles. The average Bonchev–Trinajstić information content (AvgIpc) is 2.87. The van der Waals surface area contributed by atoms with E-state index in [1.165, 1.54) is 11.3 Å². The summed E-state index contributed by atoms with van der Waals surface area (Å²) < 4.78 is 4.94. The molecule has 0 atom stereocenters. The number of nitrogens with one attached hydrogen (secondary N) is 1. The van der Waals surface area contributed by atoms with E-state index in [1.807, 2.05) is 35.7 Å². The molecular formula is C12H18BrN5. The monoisotopic (exact) mass is 311 g/mol. The molecule has 18 heavy (non-hydrogen) atoms. The molecule has 2 rings (SSSR count). The SMILES string of the molecule is CCn1nc(C)c(Br)c1CNCc1cnn(C)c1. The molecule has 0 bridgehead atoms. The van der Waals surface area contributed by atoms with Crippen molar-refractivity contribution in [1.29, 1.82) is 0 Å². The maximum atomic E-state index is 4.47. The van der Waals surface area contributed by atoms with Crippen molar-refractivity contribution in [2.45, 2.75) is 33.5 Å². The third kappa shape index (κ3) is 2.81. The van der Waals surface area contributed by atoms with Gasteiger partial charge in [0.15, 0.2) is 0 Å². The van der Waals surface area contributed by atoms with Gasteiger partial charge in [-0.3, -0.25) is 9.36 Å². The Morgan fingerprint density at radius 1 is 1.39 bits per heavy atom. The summed E-state index contributed by atoms with van der Waals surface area (Å²) in [5, 5.41) is 12.0. The number of rotatable bonds is 5. The molecule has 0 aromatic carbocycles. The second-order valence-electron chi connectivity index (χ2n) is 4.29. The van der Waals surface area contributed by atoms with E-state index in [0.29, 0.717) is 0 Å². The number of hydrogen-bond donors (Lipinski definition) is 1. The summed E-state index contributed by atoms with van der Waals surface area (Å²) in [5.74, 6) is 0. The topological polar surface area (TPSA) is 47.7 Å². The van der Waals surface area contributed by atoms with E-state index >= 15 is 0 Å². The Morgan fingerprint density at radius 2 is 2.17 bits per heavy atom. The van der Waals surface area contributed by atoms with E-state index in [4.69, 9.17) is 0 Å². The van der Waals surface area contributed by atoms with Crippen molar-refractivity contribution >= 4 is 15.9 Å². The summed E-state index contributed by atoms with van der Waals surface area (Å²) in [6.45, 7) is 6.61. The van der Waals surface area contributed by atoms with Crippen LogP contribution < -0.4 is 5.32 Å². The smallest absolute Gasteiger partial charge is 0.0739 e. The number of hydrogen-bond acceptors (Lipinski definition) is 3. The first-order valence-electron chi connectivity index (χ1n) is 6.01. The zero-order valence-corrected chi connectivity index (χ0v) is 12.5. The van der Waals surface area contributed by atoms with Crippen LogP contribution in [-0.2, 0) is 26.7 Å². The van der Waals surface area contributed by atoms with Crippen LogP contribution >= 0.6 is 15.9 Å². The maximum absolute atomic E-state index is 4.47. The summed E-state index contributed by atoms with van der Waals surface area (Å²) in [5.41, 5.74) is 3.42. The minimum Gasteiger partial charge on any atom is -0.307 e. The first kappa shape index (κ1) is 13.3. The van der Waals surface area contributed by atoms with Gasteiger partial charge in [-0.05, 0) is 29.8 Å². The average molecular weight is 312 g/mol. The standard InChI is InChI=1S/C12H18BrN5/c1-4-18-11(12(13)9(2)16-18)7-14-5-10-6-15-17(3)8-10/h6,8,14H,4-5,7H2,1-3H3. The first-order valence-corrected chi connectivity index (χ1v) is 6.81. The highest BCUT2D eigenvalue weighted by Crippen LogP contribution is 2.20. The predicted octanol–water partition coefficient (Wildman–Crippen LogP) is 2.00. The molecule has 0 amide bonds. The van der Waals surface area contributed by atoms with Crippen LogP contribution in [0.4, 0.5) is 0 Å². The Bertz CT molecular complexity index is 529. The summed E-state index contributed by atoms with van der Waals surface area (Å²) >= 11 is 3.59. The van der Waals surface area contributed by atoms with Gasteiger partial charge in [-0.1, -0.05) is 0 Å². The Kier molecular flexibility index (Phi) is 4.19. The third-order valence-electron chi connectivity index (χ3n) is 2.83. The van der Waals surface area contributed by atoms with Crippen LogP contribution in [0, 0.1) is 6.92 Å². The third-order valence-corrected chi connectivity index (χ3v) is 3.86. The molecule has 0 fully saturated rings. The summed E-state index contributed by atoms with van der Waals surface area (Å²) in [6.07, 6.45) is 3.90. The van der Waals surface area contributed by atoms with Crippen molar-refractivity contribution < 1.29 is 0 Å². The van der Waals surface area contributed by atoms with Gasteiger partial charge in [0.2, 0.25) is 0 Å². The van der Waals surface area contributed by atoms with Crippen molar-refractivity contribution in [3.8, 4) is 0 Å². The highest BCUT2D eigenvalue weighted by Gasteiger charge is 2.11. The van der Waals surface area contributed by atoms with Gasteiger partial charge in [0.05, 0.1) is 22.1 Å². The summed E-state index contributed by atoms with van der Waals surface area (Å²) in [7, 11) is 1.93. The fraction of sp³-hybridized carbons (Fsp3) is 0.500. The number of aryl methyl sites for hydroxylation is 3. The lowest BCUT2D eigenvalue weighted by atomic mass is 10.3. The van der Waals surface area contributed by atoms with E-state index in [9.17, 15) is 0 Å². The molecule has 2 aromatic heterocycles. The Morgan fingerprint density at radius 3 is 2.78 bits per heavy atom. The van der Waals surface area contributed by atoms with Crippen LogP contribution in [-0.4, -0.2) is 19.6 Å². The number of aromatic nitrogens is 4. The first-order chi connectivity index (χ1) is 8.61. The molecular weight excluding hydrogens is 294 g/mol. The molecule has 5 nitrogen and oxygen atoms in total. The van der Waals surface area contributed by atoms with Crippen LogP contribution in [0.2, 0.25) is 0 Å². The molecule has 0 radical (unpaired) electrons. The second-order valence-corrected chi connectivity index (χ2v) is 5.08. The predicted molar refractivity (Wildman–Crippen MR) is 74.1 cm³/mol. The van der Waals surface area contributed by atoms with Crippen molar-refractivity contribution in [2.75, 3.05) is 0 Å². The van der Waals surface area contributed by atoms with Crippen molar-refractivity contribution in [1.82, 2.24) is 24.9 Å². The molecule has 1 N–H and O–H groups in total. The lowest BCUT2D eigenvalue weighted by molar-refractivity contribution is 0.578. The summed E-state index contributed by atoms with van der Waals surface area (Å²) in [6, 6.07) is 0. The molecule has 0 spiro atoms. The van der Waals surface area contributed by atoms with Gasteiger partial charge in [0.1, 0.15) is 0 Å². The summed E-state index contributed by atoms with van der Waals surface area (Å²) in [4.78, 5) is 0. The molecule has 0 unspecified atom stereocenters. The zero-order chi connectivity index (χ0) is 13.1. The molecule has 0 aliphatic carbocycles. The van der Waals surface area contributed by atoms with Crippen molar-refractivity contribution in [3.63, 3.8) is 0 Å². The Balaban J connectivity index is 1.98. The fourth-order valence-electron chi connectivity index (χ4n) is 1.93. The zero-order valence-electron chi connectivity index (χ0n) is 10.9. The van der Waals surface area contributed by atoms with Crippen LogP contribution in [0.3, 0.4) is 0 Å². The lowest BCUT2D eigenvalue weighted by Gasteiger charge is -2.06. The van der Waals surface area contributed by atoms with Crippen LogP contribution in [0.15, 0.2) is 16.9 Å². The quantitative estimate of drug-likeness (QED) is 0.918. The highest BCUT2D eigenvalue weighted by atomic mass is 79.9. The molecule has 0 aliphatic rings. The van der Waals surface area contributed by atoms with Gasteiger partial charge in [-0.25, -0.2) is 0 Å². The largest absolute Gasteiger partial charge is 0.307 e. The van der Waals surface area contributed by atoms with E-state index in [2.05, 4.69) is 38.4 Å². The van der Waals surface area contributed by atoms with Gasteiger partial charge < -0.3 is 5.32 Å². The van der Waals surface area contributed by atoms with Gasteiger partial charge in [-0.15, -0.1) is 0 Å². The Labute approximate surface area is 115 Å². The van der Waals surface area contributed by atoms with Crippen LogP contribution in [0.1, 0.15) is 23.9 Å². The maximum Gasteiger partial charge on any atom is 0.0739 e. The molecule has 0 aliphatic heterocycles. The molecule has 98 valence electrons. The van der Waals surface area contributed by atoms with Crippen molar-refractivity contribution in [2.24, 2.45) is 7.05 Å². The van der Waals surface area contributed by atoms with Gasteiger partial charge in [-0.2, -0.15) is 10.2 Å². The normalized spacial score (nSPS) is 11.1. The minimum absolute atomic E-state index is 0.796. The molecule has 2 aromatic rings. The van der Waals surface area contributed by atoms with Gasteiger partial charge in [0, 0.05) is 38.4 Å². The van der Waals surface area contributed by atoms with E-state index in [1.54, 1.807) is 0 Å². The molecule has 2 heterocycles. The molecule has 6 heteroatoms.